The van der Waals surface area contributed by atoms with E-state index in [0.717, 1.165) is 0 Å². The minimum absolute atomic E-state index is 0.0549. The minimum atomic E-state index is -0.376. The van der Waals surface area contributed by atoms with Crippen molar-refractivity contribution in [3.8, 4) is 0 Å². The highest BCUT2D eigenvalue weighted by Crippen LogP contribution is 1.84. The number of nitrogens with one attached hydrogen (secondary N) is 1. The van der Waals surface area contributed by atoms with Crippen LogP contribution in [0.4, 0.5) is 0 Å². The van der Waals surface area contributed by atoms with E-state index in [1.807, 2.05) is 0 Å². The minimum Gasteiger partial charge on any atom is -0.379 e. The second-order valence-corrected chi connectivity index (χ2v) is 4.45. The Kier molecular flexibility index (Phi) is 16.2. The number of hydrogen-bond acceptors (Lipinski definition) is 7. The molecule has 0 heterocycles. The zero-order valence-corrected chi connectivity index (χ0v) is 13.7. The van der Waals surface area contributed by atoms with Crippen molar-refractivity contribution in [1.29, 1.82) is 0 Å². The van der Waals surface area contributed by atoms with E-state index < -0.39 is 0 Å². The zero-order chi connectivity index (χ0) is 17.2. The lowest BCUT2D eigenvalue weighted by Gasteiger charge is -2.08. The van der Waals surface area contributed by atoms with E-state index in [0.29, 0.717) is 59.4 Å². The number of carbonyl (C=O) groups excluding carboxylic acids is 2. The molecule has 0 atom stereocenters. The molecule has 136 valence electrons. The van der Waals surface area contributed by atoms with Crippen LogP contribution in [-0.2, 0) is 33.3 Å². The van der Waals surface area contributed by atoms with Crippen LogP contribution in [0.15, 0.2) is 0 Å². The van der Waals surface area contributed by atoms with Gasteiger partial charge in [-0.25, -0.2) is 0 Å². The molecule has 2 amide bonds. The Hall–Kier alpha value is -1.26. The molecule has 0 bridgehead atoms. The van der Waals surface area contributed by atoms with Crippen molar-refractivity contribution in [2.75, 3.05) is 73.1 Å². The summed E-state index contributed by atoms with van der Waals surface area (Å²) in [4.78, 5) is 21.5. The van der Waals surface area contributed by atoms with Gasteiger partial charge in [0.25, 0.3) is 0 Å². The lowest BCUT2D eigenvalue weighted by Crippen LogP contribution is -2.30. The van der Waals surface area contributed by atoms with Crippen molar-refractivity contribution < 1.29 is 33.3 Å². The van der Waals surface area contributed by atoms with Crippen LogP contribution in [0.3, 0.4) is 0 Å². The van der Waals surface area contributed by atoms with Crippen LogP contribution in [0.1, 0.15) is 6.42 Å². The van der Waals surface area contributed by atoms with Gasteiger partial charge in [-0.15, -0.1) is 0 Å². The molecule has 0 aromatic carbocycles. The molecular weight excluding hydrogens is 308 g/mol. The van der Waals surface area contributed by atoms with Gasteiger partial charge >= 0.3 is 0 Å². The number of methoxy groups -OCH3 is 1. The number of ether oxygens (including phenoxy) is 5. The van der Waals surface area contributed by atoms with Gasteiger partial charge in [-0.05, 0) is 0 Å². The molecule has 0 aliphatic carbocycles. The molecule has 9 heteroatoms. The highest BCUT2D eigenvalue weighted by atomic mass is 16.6. The predicted octanol–water partition coefficient (Wildman–Crippen LogP) is -1.31. The lowest BCUT2D eigenvalue weighted by atomic mass is 10.4. The van der Waals surface area contributed by atoms with Crippen LogP contribution in [0.25, 0.3) is 0 Å². The van der Waals surface area contributed by atoms with Crippen LogP contribution < -0.4 is 11.1 Å². The van der Waals surface area contributed by atoms with Crippen molar-refractivity contribution in [2.24, 2.45) is 5.73 Å². The smallest absolute Gasteiger partial charge is 0.246 e. The van der Waals surface area contributed by atoms with Crippen molar-refractivity contribution in [1.82, 2.24) is 5.32 Å². The number of rotatable bonds is 17. The second kappa shape index (κ2) is 17.1. The van der Waals surface area contributed by atoms with Crippen LogP contribution in [0.2, 0.25) is 0 Å². The first-order chi connectivity index (χ1) is 11.2. The fourth-order valence-corrected chi connectivity index (χ4v) is 1.38. The molecule has 0 aliphatic heterocycles. The fourth-order valence-electron chi connectivity index (χ4n) is 1.38. The third-order valence-electron chi connectivity index (χ3n) is 2.45. The largest absolute Gasteiger partial charge is 0.379 e. The topological polar surface area (TPSA) is 118 Å². The second-order valence-electron chi connectivity index (χ2n) is 4.45. The normalized spacial score (nSPS) is 10.7. The van der Waals surface area contributed by atoms with Crippen molar-refractivity contribution in [3.63, 3.8) is 0 Å². The monoisotopic (exact) mass is 336 g/mol. The van der Waals surface area contributed by atoms with E-state index in [4.69, 9.17) is 24.7 Å². The van der Waals surface area contributed by atoms with Crippen LogP contribution in [0.5, 0.6) is 0 Å². The molecule has 23 heavy (non-hydrogen) atoms. The Bertz CT molecular complexity index is 303. The Labute approximate surface area is 136 Å². The van der Waals surface area contributed by atoms with E-state index in [1.165, 1.54) is 7.11 Å². The molecule has 0 fully saturated rings. The summed E-state index contributed by atoms with van der Waals surface area (Å²) in [6, 6.07) is 0. The first-order valence-electron chi connectivity index (χ1n) is 7.51. The van der Waals surface area contributed by atoms with E-state index in [1.54, 1.807) is 0 Å². The molecule has 0 saturated carbocycles. The Morgan fingerprint density at radius 2 is 1.30 bits per heavy atom. The third kappa shape index (κ3) is 18.7. The first-order valence-corrected chi connectivity index (χ1v) is 7.51. The van der Waals surface area contributed by atoms with Gasteiger partial charge in [-0.3, -0.25) is 9.59 Å². The summed E-state index contributed by atoms with van der Waals surface area (Å²) < 4.78 is 25.6. The van der Waals surface area contributed by atoms with Gasteiger partial charge < -0.3 is 34.7 Å². The lowest BCUT2D eigenvalue weighted by molar-refractivity contribution is -0.125. The number of amides is 2. The fraction of sp³-hybridized carbons (Fsp3) is 0.857. The summed E-state index contributed by atoms with van der Waals surface area (Å²) in [5, 5.41) is 2.64. The molecule has 0 saturated heterocycles. The Morgan fingerprint density at radius 3 is 1.78 bits per heavy atom. The zero-order valence-electron chi connectivity index (χ0n) is 13.7. The molecule has 0 aromatic heterocycles. The Balaban J connectivity index is 3.05. The first kappa shape index (κ1) is 21.7. The molecule has 0 radical (unpaired) electrons. The van der Waals surface area contributed by atoms with E-state index in [-0.39, 0.29) is 24.8 Å². The van der Waals surface area contributed by atoms with E-state index >= 15 is 0 Å². The van der Waals surface area contributed by atoms with Gasteiger partial charge in [-0.2, -0.15) is 0 Å². The molecule has 3 N–H and O–H groups in total. The molecule has 9 nitrogen and oxygen atoms in total. The summed E-state index contributed by atoms with van der Waals surface area (Å²) >= 11 is 0. The predicted molar refractivity (Wildman–Crippen MR) is 82.0 cm³/mol. The van der Waals surface area contributed by atoms with Crippen LogP contribution in [-0.4, -0.2) is 84.9 Å². The number of nitrogens with two attached hydrogens (primary N) is 1. The number of carbonyl (C=O) groups is 2. The maximum atomic E-state index is 11.0. The molecule has 0 unspecified atom stereocenters. The van der Waals surface area contributed by atoms with Gasteiger partial charge in [0.1, 0.15) is 6.61 Å². The molecule has 0 rings (SSSR count). The summed E-state index contributed by atoms with van der Waals surface area (Å²) in [6.45, 7) is 3.96. The third-order valence-corrected chi connectivity index (χ3v) is 2.45. The van der Waals surface area contributed by atoms with Crippen molar-refractivity contribution >= 4 is 11.8 Å². The van der Waals surface area contributed by atoms with Crippen molar-refractivity contribution in [2.45, 2.75) is 6.42 Å². The standard InChI is InChI=1S/C14H28N2O7/c1-19-12-14(18)16-3-5-21-7-9-23-11-10-22-8-6-20-4-2-13(15)17/h2-12H2,1H3,(H2,15,17)(H,16,18). The van der Waals surface area contributed by atoms with E-state index in [2.05, 4.69) is 10.1 Å². The average Bonchev–Trinajstić information content (AvgIpc) is 2.51. The van der Waals surface area contributed by atoms with Crippen LogP contribution >= 0.6 is 0 Å². The van der Waals surface area contributed by atoms with Crippen molar-refractivity contribution in [3.05, 3.63) is 0 Å². The van der Waals surface area contributed by atoms with Gasteiger partial charge in [0, 0.05) is 20.1 Å². The summed E-state index contributed by atoms with van der Waals surface area (Å²) in [6.07, 6.45) is 0.221. The summed E-state index contributed by atoms with van der Waals surface area (Å²) in [5.74, 6) is -0.540. The highest BCUT2D eigenvalue weighted by molar-refractivity contribution is 5.77. The van der Waals surface area contributed by atoms with Gasteiger partial charge in [-0.1, -0.05) is 0 Å². The molecule has 0 aromatic rings. The molecule has 0 aliphatic rings. The average molecular weight is 336 g/mol. The maximum absolute atomic E-state index is 11.0. The SMILES string of the molecule is COCC(=O)NCCOCCOCCOCCOCCC(N)=O. The highest BCUT2D eigenvalue weighted by Gasteiger charge is 1.98. The molecule has 0 spiro atoms. The van der Waals surface area contributed by atoms with Crippen LogP contribution in [0, 0.1) is 0 Å². The number of hydrogen-bond donors (Lipinski definition) is 2. The van der Waals surface area contributed by atoms with E-state index in [9.17, 15) is 9.59 Å². The quantitative estimate of drug-likeness (QED) is 0.317. The number of primary amides is 1. The molecular formula is C14H28N2O7. The summed E-state index contributed by atoms with van der Waals surface area (Å²) in [5.41, 5.74) is 4.96. The van der Waals surface area contributed by atoms with Gasteiger partial charge in [0.15, 0.2) is 0 Å². The maximum Gasteiger partial charge on any atom is 0.246 e. The summed E-state index contributed by atoms with van der Waals surface area (Å²) in [7, 11) is 1.47. The van der Waals surface area contributed by atoms with Gasteiger partial charge in [0.05, 0.1) is 52.9 Å². The van der Waals surface area contributed by atoms with Gasteiger partial charge in [0.2, 0.25) is 11.8 Å². The Morgan fingerprint density at radius 1 is 0.826 bits per heavy atom.